The molecule has 2 aromatic rings. The number of halogens is 1. The van der Waals surface area contributed by atoms with E-state index in [1.807, 2.05) is 19.1 Å². The van der Waals surface area contributed by atoms with E-state index in [2.05, 4.69) is 30.0 Å². The molecule has 1 aliphatic heterocycles. The van der Waals surface area contributed by atoms with Gasteiger partial charge in [-0.2, -0.15) is 0 Å². The Labute approximate surface area is 125 Å². The summed E-state index contributed by atoms with van der Waals surface area (Å²) in [5, 5.41) is 0. The van der Waals surface area contributed by atoms with E-state index in [1.165, 1.54) is 17.3 Å². The highest BCUT2D eigenvalue weighted by Crippen LogP contribution is 2.40. The second-order valence-corrected chi connectivity index (χ2v) is 5.85. The van der Waals surface area contributed by atoms with Crippen LogP contribution in [0.15, 0.2) is 42.5 Å². The largest absolute Gasteiger partial charge is 0.338 e. The first-order valence-corrected chi connectivity index (χ1v) is 7.50. The maximum absolute atomic E-state index is 14.3. The minimum absolute atomic E-state index is 0.224. The third-order valence-electron chi connectivity index (χ3n) is 4.27. The van der Waals surface area contributed by atoms with E-state index >= 15 is 0 Å². The minimum Gasteiger partial charge on any atom is -0.338 e. The molecule has 0 saturated heterocycles. The fourth-order valence-corrected chi connectivity index (χ4v) is 3.24. The zero-order chi connectivity index (χ0) is 15.0. The molecular weight excluding hydrogens is 263 g/mol. The van der Waals surface area contributed by atoms with Crippen LogP contribution >= 0.6 is 0 Å². The summed E-state index contributed by atoms with van der Waals surface area (Å²) >= 11 is 0. The molecule has 0 radical (unpaired) electrons. The van der Waals surface area contributed by atoms with Crippen molar-refractivity contribution in [3.8, 4) is 0 Å². The number of fused-ring (bicyclic) bond motifs is 1. The Morgan fingerprint density at radius 1 is 1.14 bits per heavy atom. The summed E-state index contributed by atoms with van der Waals surface area (Å²) in [5.41, 5.74) is 10.00. The molecule has 1 heterocycles. The van der Waals surface area contributed by atoms with E-state index in [9.17, 15) is 4.39 Å². The van der Waals surface area contributed by atoms with E-state index in [4.69, 9.17) is 5.73 Å². The van der Waals surface area contributed by atoms with Gasteiger partial charge in [0.05, 0.1) is 0 Å². The molecule has 2 nitrogen and oxygen atoms in total. The summed E-state index contributed by atoms with van der Waals surface area (Å²) in [4.78, 5) is 2.24. The zero-order valence-electron chi connectivity index (χ0n) is 12.5. The lowest BCUT2D eigenvalue weighted by Crippen LogP contribution is -2.34. The van der Waals surface area contributed by atoms with Crippen LogP contribution in [0.2, 0.25) is 0 Å². The van der Waals surface area contributed by atoms with Crippen LogP contribution in [0.1, 0.15) is 37.4 Å². The molecule has 2 aromatic carbocycles. The summed E-state index contributed by atoms with van der Waals surface area (Å²) in [6.45, 7) is 4.02. The summed E-state index contributed by atoms with van der Waals surface area (Å²) in [6.07, 6.45) is 2.13. The molecule has 0 bridgehead atoms. The van der Waals surface area contributed by atoms with Gasteiger partial charge in [0.1, 0.15) is 5.82 Å². The van der Waals surface area contributed by atoms with Crippen molar-refractivity contribution in [3.63, 3.8) is 0 Å². The molecule has 1 aliphatic rings. The number of hydrogen-bond donors (Lipinski definition) is 1. The lowest BCUT2D eigenvalue weighted by atomic mass is 9.94. The first kappa shape index (κ1) is 14.1. The van der Waals surface area contributed by atoms with Crippen molar-refractivity contribution < 1.29 is 4.39 Å². The molecule has 3 rings (SSSR count). The normalized spacial score (nSPS) is 19.2. The highest BCUT2D eigenvalue weighted by atomic mass is 19.1. The van der Waals surface area contributed by atoms with Crippen molar-refractivity contribution in [2.45, 2.75) is 38.8 Å². The van der Waals surface area contributed by atoms with Crippen molar-refractivity contribution in [1.82, 2.24) is 0 Å². The van der Waals surface area contributed by atoms with Crippen LogP contribution < -0.4 is 10.6 Å². The third-order valence-corrected chi connectivity index (χ3v) is 4.27. The first-order chi connectivity index (χ1) is 10.1. The average Bonchev–Trinajstić information content (AvgIpc) is 2.46. The number of benzene rings is 2. The second-order valence-electron chi connectivity index (χ2n) is 5.85. The number of para-hydroxylation sites is 1. The monoisotopic (exact) mass is 284 g/mol. The summed E-state index contributed by atoms with van der Waals surface area (Å²) in [7, 11) is 0. The lowest BCUT2D eigenvalue weighted by molar-refractivity contribution is 0.581. The van der Waals surface area contributed by atoms with Crippen molar-refractivity contribution in [2.24, 2.45) is 5.73 Å². The molecule has 0 aliphatic carbocycles. The van der Waals surface area contributed by atoms with Crippen molar-refractivity contribution in [2.75, 3.05) is 4.90 Å². The molecule has 2 atom stereocenters. The van der Waals surface area contributed by atoms with E-state index in [-0.39, 0.29) is 11.9 Å². The SMILES string of the molecule is CC1CCc2ccccc2N1c1cccc(F)c1[C@@H](C)N. The summed E-state index contributed by atoms with van der Waals surface area (Å²) < 4.78 is 14.3. The topological polar surface area (TPSA) is 29.3 Å². The van der Waals surface area contributed by atoms with Crippen LogP contribution in [0, 0.1) is 5.82 Å². The van der Waals surface area contributed by atoms with E-state index in [1.54, 1.807) is 6.07 Å². The Morgan fingerprint density at radius 3 is 2.62 bits per heavy atom. The standard InChI is InChI=1S/C18H21FN2/c1-12-10-11-14-6-3-4-8-16(14)21(12)17-9-5-7-15(19)18(17)13(2)20/h3-9,12-13H,10-11,20H2,1-2H3/t12?,13-/m1/s1. The number of nitrogens with zero attached hydrogens (tertiary/aromatic N) is 1. The van der Waals surface area contributed by atoms with Gasteiger partial charge in [-0.25, -0.2) is 4.39 Å². The molecule has 0 fully saturated rings. The average molecular weight is 284 g/mol. The van der Waals surface area contributed by atoms with E-state index in [0.29, 0.717) is 11.6 Å². The fraction of sp³-hybridized carbons (Fsp3) is 0.333. The third kappa shape index (κ3) is 2.42. The predicted molar refractivity (Wildman–Crippen MR) is 85.4 cm³/mol. The molecule has 1 unspecified atom stereocenters. The smallest absolute Gasteiger partial charge is 0.130 e. The maximum atomic E-state index is 14.3. The van der Waals surface area contributed by atoms with Crippen molar-refractivity contribution in [1.29, 1.82) is 0 Å². The number of hydrogen-bond acceptors (Lipinski definition) is 2. The van der Waals surface area contributed by atoms with Gasteiger partial charge in [-0.15, -0.1) is 0 Å². The molecule has 0 spiro atoms. The molecule has 0 aromatic heterocycles. The number of aryl methyl sites for hydroxylation is 1. The van der Waals surface area contributed by atoms with Gasteiger partial charge in [-0.05, 0) is 50.5 Å². The number of rotatable bonds is 2. The van der Waals surface area contributed by atoms with Gasteiger partial charge in [0.25, 0.3) is 0 Å². The van der Waals surface area contributed by atoms with Crippen LogP contribution in [0.4, 0.5) is 15.8 Å². The quantitative estimate of drug-likeness (QED) is 0.890. The van der Waals surface area contributed by atoms with Crippen molar-refractivity contribution in [3.05, 3.63) is 59.4 Å². The zero-order valence-corrected chi connectivity index (χ0v) is 12.5. The van der Waals surface area contributed by atoms with Crippen LogP contribution in [0.5, 0.6) is 0 Å². The van der Waals surface area contributed by atoms with Crippen molar-refractivity contribution >= 4 is 11.4 Å². The van der Waals surface area contributed by atoms with Gasteiger partial charge < -0.3 is 10.6 Å². The van der Waals surface area contributed by atoms with Crippen LogP contribution in [0.3, 0.4) is 0 Å². The van der Waals surface area contributed by atoms with Gasteiger partial charge in [0.2, 0.25) is 0 Å². The molecule has 0 amide bonds. The molecular formula is C18H21FN2. The molecule has 110 valence electrons. The fourth-order valence-electron chi connectivity index (χ4n) is 3.24. The Hall–Kier alpha value is -1.87. The number of nitrogens with two attached hydrogens (primary N) is 1. The Balaban J connectivity index is 2.19. The predicted octanol–water partition coefficient (Wildman–Crippen LogP) is 4.32. The molecule has 21 heavy (non-hydrogen) atoms. The van der Waals surface area contributed by atoms with Gasteiger partial charge in [-0.3, -0.25) is 0 Å². The van der Waals surface area contributed by atoms with Gasteiger partial charge in [0.15, 0.2) is 0 Å². The summed E-state index contributed by atoms with van der Waals surface area (Å²) in [6, 6.07) is 13.6. The molecule has 0 saturated carbocycles. The van der Waals surface area contributed by atoms with Crippen LogP contribution in [0.25, 0.3) is 0 Å². The Kier molecular flexibility index (Phi) is 3.68. The van der Waals surface area contributed by atoms with E-state index in [0.717, 1.165) is 18.5 Å². The molecule has 2 N–H and O–H groups in total. The highest BCUT2D eigenvalue weighted by Gasteiger charge is 2.27. The minimum atomic E-state index is -0.331. The lowest BCUT2D eigenvalue weighted by Gasteiger charge is -2.38. The summed E-state index contributed by atoms with van der Waals surface area (Å²) in [5.74, 6) is -0.224. The van der Waals surface area contributed by atoms with Gasteiger partial charge in [0, 0.05) is 29.0 Å². The Morgan fingerprint density at radius 2 is 1.86 bits per heavy atom. The van der Waals surface area contributed by atoms with E-state index < -0.39 is 0 Å². The first-order valence-electron chi connectivity index (χ1n) is 7.50. The second kappa shape index (κ2) is 5.49. The van der Waals surface area contributed by atoms with Gasteiger partial charge >= 0.3 is 0 Å². The molecule has 3 heteroatoms. The Bertz CT molecular complexity index is 651. The van der Waals surface area contributed by atoms with Crippen LogP contribution in [-0.2, 0) is 6.42 Å². The highest BCUT2D eigenvalue weighted by molar-refractivity contribution is 5.71. The van der Waals surface area contributed by atoms with Gasteiger partial charge in [-0.1, -0.05) is 24.3 Å². The number of anilines is 2. The maximum Gasteiger partial charge on any atom is 0.130 e. The van der Waals surface area contributed by atoms with Crippen LogP contribution in [-0.4, -0.2) is 6.04 Å².